The van der Waals surface area contributed by atoms with Gasteiger partial charge in [0, 0.05) is 6.21 Å². The van der Waals surface area contributed by atoms with Gasteiger partial charge in [-0.05, 0) is 17.7 Å². The summed E-state index contributed by atoms with van der Waals surface area (Å²) in [5.41, 5.74) is 0.554. The third-order valence-electron chi connectivity index (χ3n) is 1.19. The Balaban J connectivity index is 2.77. The van der Waals surface area contributed by atoms with E-state index in [0.29, 0.717) is 5.56 Å². The number of rotatable bonds is 1. The second kappa shape index (κ2) is 3.61. The minimum absolute atomic E-state index is 0.359. The molecule has 0 unspecified atom stereocenters. The van der Waals surface area contributed by atoms with Gasteiger partial charge in [-0.25, -0.2) is 9.18 Å². The van der Waals surface area contributed by atoms with E-state index in [1.807, 2.05) is 0 Å². The van der Waals surface area contributed by atoms with Crippen molar-refractivity contribution in [2.75, 3.05) is 0 Å². The van der Waals surface area contributed by atoms with Crippen molar-refractivity contribution in [3.63, 3.8) is 0 Å². The van der Waals surface area contributed by atoms with E-state index in [4.69, 9.17) is 5.11 Å². The highest BCUT2D eigenvalue weighted by Crippen LogP contribution is 1.99. The van der Waals surface area contributed by atoms with E-state index in [1.165, 1.54) is 24.3 Å². The monoisotopic (exact) mass is 167 g/mol. The Labute approximate surface area is 68.2 Å². The Hall–Kier alpha value is -1.71. The first-order valence-electron chi connectivity index (χ1n) is 3.21. The van der Waals surface area contributed by atoms with Crippen LogP contribution in [-0.4, -0.2) is 17.4 Å². The number of halogens is 1. The number of hydrogen-bond donors (Lipinski definition) is 1. The van der Waals surface area contributed by atoms with Gasteiger partial charge in [0.25, 0.3) is 0 Å². The largest absolute Gasteiger partial charge is 0.463 e. The fourth-order valence-corrected chi connectivity index (χ4v) is 0.679. The highest BCUT2D eigenvalue weighted by Gasteiger charge is 1.90. The van der Waals surface area contributed by atoms with Gasteiger partial charge in [0.1, 0.15) is 5.82 Å². The second-order valence-electron chi connectivity index (χ2n) is 2.09. The molecular weight excluding hydrogens is 161 g/mol. The maximum Gasteiger partial charge on any atom is 0.431 e. The molecule has 1 amide bonds. The van der Waals surface area contributed by atoms with E-state index in [2.05, 4.69) is 4.99 Å². The summed E-state index contributed by atoms with van der Waals surface area (Å²) in [7, 11) is 0. The minimum Gasteiger partial charge on any atom is -0.463 e. The number of nitrogens with zero attached hydrogens (tertiary/aromatic N) is 1. The van der Waals surface area contributed by atoms with Gasteiger partial charge in [-0.3, -0.25) is 0 Å². The maximum absolute atomic E-state index is 12.3. The Bertz CT molecular complexity index is 305. The zero-order valence-electron chi connectivity index (χ0n) is 6.07. The van der Waals surface area contributed by atoms with E-state index in [9.17, 15) is 9.18 Å². The third-order valence-corrected chi connectivity index (χ3v) is 1.19. The molecule has 3 nitrogen and oxygen atoms in total. The van der Waals surface area contributed by atoms with Gasteiger partial charge >= 0.3 is 6.09 Å². The molecule has 0 bridgehead atoms. The average molecular weight is 167 g/mol. The zero-order chi connectivity index (χ0) is 8.97. The van der Waals surface area contributed by atoms with Crippen LogP contribution in [0.15, 0.2) is 29.3 Å². The molecule has 0 heterocycles. The Kier molecular flexibility index (Phi) is 2.53. The molecule has 12 heavy (non-hydrogen) atoms. The molecule has 1 N–H and O–H groups in total. The Morgan fingerprint density at radius 3 is 2.50 bits per heavy atom. The molecule has 4 heteroatoms. The van der Waals surface area contributed by atoms with Crippen LogP contribution in [0.1, 0.15) is 5.56 Å². The highest BCUT2D eigenvalue weighted by molar-refractivity contribution is 5.87. The number of hydrogen-bond acceptors (Lipinski definition) is 1. The zero-order valence-corrected chi connectivity index (χ0v) is 6.07. The summed E-state index contributed by atoms with van der Waals surface area (Å²) in [6.07, 6.45) is -0.110. The van der Waals surface area contributed by atoms with E-state index in [-0.39, 0.29) is 5.82 Å². The first-order chi connectivity index (χ1) is 5.68. The molecule has 0 fully saturated rings. The lowest BCUT2D eigenvalue weighted by Gasteiger charge is -1.89. The van der Waals surface area contributed by atoms with Crippen molar-refractivity contribution in [1.82, 2.24) is 0 Å². The average Bonchev–Trinajstić information content (AvgIpc) is 2.03. The van der Waals surface area contributed by atoms with Gasteiger partial charge in [0.2, 0.25) is 0 Å². The molecule has 0 aliphatic heterocycles. The molecule has 0 spiro atoms. The van der Waals surface area contributed by atoms with Crippen molar-refractivity contribution in [3.8, 4) is 0 Å². The predicted octanol–water partition coefficient (Wildman–Crippen LogP) is 1.92. The van der Waals surface area contributed by atoms with Crippen molar-refractivity contribution in [1.29, 1.82) is 0 Å². The molecule has 1 aromatic carbocycles. The number of amides is 1. The number of aliphatic imine (C=N–C) groups is 1. The molecule has 0 aliphatic carbocycles. The van der Waals surface area contributed by atoms with Crippen molar-refractivity contribution >= 4 is 12.3 Å². The quantitative estimate of drug-likeness (QED) is 0.649. The smallest absolute Gasteiger partial charge is 0.431 e. The van der Waals surface area contributed by atoms with Gasteiger partial charge in [0.15, 0.2) is 0 Å². The van der Waals surface area contributed by atoms with Crippen LogP contribution in [0, 0.1) is 5.82 Å². The standard InChI is InChI=1S/C8H6FNO2/c9-7-3-1-6(2-4-7)5-10-8(11)12/h1-5H,(H,11,12). The summed E-state index contributed by atoms with van der Waals surface area (Å²) < 4.78 is 12.3. The first-order valence-corrected chi connectivity index (χ1v) is 3.21. The summed E-state index contributed by atoms with van der Waals surface area (Å²) in [6.45, 7) is 0. The van der Waals surface area contributed by atoms with E-state index in [1.54, 1.807) is 0 Å². The lowest BCUT2D eigenvalue weighted by molar-refractivity contribution is 0.206. The van der Waals surface area contributed by atoms with Gasteiger partial charge in [0.05, 0.1) is 0 Å². The first kappa shape index (κ1) is 8.39. The lowest BCUT2D eigenvalue weighted by atomic mass is 10.2. The second-order valence-corrected chi connectivity index (χ2v) is 2.09. The highest BCUT2D eigenvalue weighted by atomic mass is 19.1. The maximum atomic E-state index is 12.3. The summed E-state index contributed by atoms with van der Waals surface area (Å²) >= 11 is 0. The number of carboxylic acid groups (broad SMARTS) is 1. The Morgan fingerprint density at radius 2 is 2.00 bits per heavy atom. The summed E-state index contributed by atoms with van der Waals surface area (Å²) in [6, 6.07) is 5.37. The van der Waals surface area contributed by atoms with Crippen molar-refractivity contribution < 1.29 is 14.3 Å². The van der Waals surface area contributed by atoms with E-state index in [0.717, 1.165) is 6.21 Å². The van der Waals surface area contributed by atoms with Crippen LogP contribution in [-0.2, 0) is 0 Å². The lowest BCUT2D eigenvalue weighted by Crippen LogP contribution is -1.88. The van der Waals surface area contributed by atoms with Crippen LogP contribution in [0.3, 0.4) is 0 Å². The molecule has 0 radical (unpaired) electrons. The van der Waals surface area contributed by atoms with Crippen molar-refractivity contribution in [2.45, 2.75) is 0 Å². The number of benzene rings is 1. The third kappa shape index (κ3) is 2.49. The SMILES string of the molecule is O=C(O)N=Cc1ccc(F)cc1. The van der Waals surface area contributed by atoms with E-state index < -0.39 is 6.09 Å². The van der Waals surface area contributed by atoms with Gasteiger partial charge in [-0.15, -0.1) is 0 Å². The molecule has 0 atom stereocenters. The normalized spacial score (nSPS) is 10.4. The summed E-state index contributed by atoms with van der Waals surface area (Å²) in [4.78, 5) is 13.1. The molecule has 0 aliphatic rings. The molecule has 0 saturated carbocycles. The summed E-state index contributed by atoms with van der Waals surface area (Å²) in [5, 5.41) is 8.16. The van der Waals surface area contributed by atoms with Crippen LogP contribution in [0.2, 0.25) is 0 Å². The predicted molar refractivity (Wildman–Crippen MR) is 42.0 cm³/mol. The van der Waals surface area contributed by atoms with Crippen molar-refractivity contribution in [3.05, 3.63) is 35.6 Å². The van der Waals surface area contributed by atoms with Crippen LogP contribution < -0.4 is 0 Å². The number of carbonyl (C=O) groups is 1. The van der Waals surface area contributed by atoms with Crippen LogP contribution in [0.4, 0.5) is 9.18 Å². The van der Waals surface area contributed by atoms with Crippen LogP contribution in [0.5, 0.6) is 0 Å². The molecular formula is C8H6FNO2. The van der Waals surface area contributed by atoms with Crippen LogP contribution in [0.25, 0.3) is 0 Å². The van der Waals surface area contributed by atoms with Crippen LogP contribution >= 0.6 is 0 Å². The van der Waals surface area contributed by atoms with Crippen molar-refractivity contribution in [2.24, 2.45) is 4.99 Å². The molecule has 0 aromatic heterocycles. The summed E-state index contributed by atoms with van der Waals surface area (Å²) in [5.74, 6) is -0.359. The van der Waals surface area contributed by atoms with Gasteiger partial charge in [-0.2, -0.15) is 4.99 Å². The Morgan fingerprint density at radius 1 is 1.42 bits per heavy atom. The molecule has 1 aromatic rings. The minimum atomic E-state index is -1.26. The van der Waals surface area contributed by atoms with E-state index >= 15 is 0 Å². The van der Waals surface area contributed by atoms with Gasteiger partial charge < -0.3 is 5.11 Å². The van der Waals surface area contributed by atoms with Gasteiger partial charge in [-0.1, -0.05) is 12.1 Å². The fraction of sp³-hybridized carbons (Fsp3) is 0. The molecule has 1 rings (SSSR count). The molecule has 62 valence electrons. The topological polar surface area (TPSA) is 49.7 Å². The fourth-order valence-electron chi connectivity index (χ4n) is 0.679. The molecule has 0 saturated heterocycles.